The SMILES string of the molecule is C#CC[C@@H](O)C[C@@H](OCCO)n1cnc2c(N)nc(F)nc21. The van der Waals surface area contributed by atoms with Crippen molar-refractivity contribution in [2.45, 2.75) is 25.2 Å². The van der Waals surface area contributed by atoms with Crippen LogP contribution < -0.4 is 5.73 Å². The van der Waals surface area contributed by atoms with Gasteiger partial charge in [0.05, 0.1) is 25.6 Å². The Bertz CT molecular complexity index is 684. The molecule has 9 heteroatoms. The van der Waals surface area contributed by atoms with Crippen LogP contribution in [0, 0.1) is 18.4 Å². The normalized spacial score (nSPS) is 13.9. The molecule has 0 saturated heterocycles. The number of halogens is 1. The second kappa shape index (κ2) is 7.13. The minimum Gasteiger partial charge on any atom is -0.394 e. The fourth-order valence-corrected chi connectivity index (χ4v) is 2.02. The average molecular weight is 309 g/mol. The van der Waals surface area contributed by atoms with Gasteiger partial charge in [0.2, 0.25) is 0 Å². The molecular formula is C13H16FN5O3. The van der Waals surface area contributed by atoms with Crippen molar-refractivity contribution in [1.29, 1.82) is 0 Å². The number of nitrogens with zero attached hydrogens (tertiary/aromatic N) is 4. The molecule has 2 atom stereocenters. The van der Waals surface area contributed by atoms with Crippen LogP contribution in [0.2, 0.25) is 0 Å². The molecule has 8 nitrogen and oxygen atoms in total. The molecule has 0 amide bonds. The van der Waals surface area contributed by atoms with E-state index in [1.54, 1.807) is 0 Å². The van der Waals surface area contributed by atoms with Gasteiger partial charge in [0.15, 0.2) is 17.0 Å². The highest BCUT2D eigenvalue weighted by molar-refractivity contribution is 5.81. The lowest BCUT2D eigenvalue weighted by molar-refractivity contribution is -0.0403. The van der Waals surface area contributed by atoms with Crippen LogP contribution in [0.4, 0.5) is 10.2 Å². The number of terminal acetylenes is 1. The van der Waals surface area contributed by atoms with Gasteiger partial charge in [-0.1, -0.05) is 0 Å². The number of hydrogen-bond donors (Lipinski definition) is 3. The molecule has 0 aliphatic rings. The molecule has 22 heavy (non-hydrogen) atoms. The van der Waals surface area contributed by atoms with Gasteiger partial charge in [0.1, 0.15) is 6.23 Å². The van der Waals surface area contributed by atoms with E-state index in [0.29, 0.717) is 0 Å². The second-order valence-electron chi connectivity index (χ2n) is 4.55. The Kier molecular flexibility index (Phi) is 5.21. The van der Waals surface area contributed by atoms with Crippen LogP contribution >= 0.6 is 0 Å². The fourth-order valence-electron chi connectivity index (χ4n) is 2.02. The molecule has 0 aliphatic carbocycles. The van der Waals surface area contributed by atoms with Gasteiger partial charge in [0, 0.05) is 12.8 Å². The summed E-state index contributed by atoms with van der Waals surface area (Å²) >= 11 is 0. The highest BCUT2D eigenvalue weighted by atomic mass is 19.1. The number of anilines is 1. The number of nitrogen functional groups attached to an aromatic ring is 1. The number of nitrogens with two attached hydrogens (primary N) is 1. The number of ether oxygens (including phenoxy) is 1. The molecule has 4 N–H and O–H groups in total. The zero-order chi connectivity index (χ0) is 16.1. The second-order valence-corrected chi connectivity index (χ2v) is 4.55. The monoisotopic (exact) mass is 309 g/mol. The van der Waals surface area contributed by atoms with E-state index in [9.17, 15) is 9.50 Å². The van der Waals surface area contributed by atoms with Crippen LogP contribution in [-0.4, -0.2) is 49.0 Å². The van der Waals surface area contributed by atoms with Crippen LogP contribution in [0.25, 0.3) is 11.2 Å². The summed E-state index contributed by atoms with van der Waals surface area (Å²) in [4.78, 5) is 11.1. The standard InChI is InChI=1S/C13H16FN5O3/c1-2-3-8(21)6-9(22-5-4-20)19-7-16-10-11(15)17-13(14)18-12(10)19/h1,7-9,20-21H,3-6H2,(H2,15,17,18)/t8-,9-/m1/s1. The molecule has 0 aliphatic heterocycles. The average Bonchev–Trinajstić information content (AvgIpc) is 2.87. The minimum atomic E-state index is -0.989. The smallest absolute Gasteiger partial charge is 0.312 e. The quantitative estimate of drug-likeness (QED) is 0.480. The largest absolute Gasteiger partial charge is 0.394 e. The van der Waals surface area contributed by atoms with Crippen molar-refractivity contribution < 1.29 is 19.3 Å². The molecule has 2 aromatic heterocycles. The van der Waals surface area contributed by atoms with Gasteiger partial charge >= 0.3 is 6.08 Å². The highest BCUT2D eigenvalue weighted by Gasteiger charge is 2.21. The lowest BCUT2D eigenvalue weighted by Crippen LogP contribution is -2.21. The molecule has 118 valence electrons. The highest BCUT2D eigenvalue weighted by Crippen LogP contribution is 2.24. The van der Waals surface area contributed by atoms with Gasteiger partial charge in [-0.25, -0.2) is 4.98 Å². The van der Waals surface area contributed by atoms with E-state index in [1.807, 2.05) is 0 Å². The third-order valence-corrected chi connectivity index (χ3v) is 2.96. The Morgan fingerprint density at radius 3 is 2.95 bits per heavy atom. The van der Waals surface area contributed by atoms with Gasteiger partial charge < -0.3 is 20.7 Å². The number of aromatic nitrogens is 4. The maximum Gasteiger partial charge on any atom is 0.312 e. The van der Waals surface area contributed by atoms with Gasteiger partial charge in [-0.3, -0.25) is 4.57 Å². The Hall–Kier alpha value is -2.28. The van der Waals surface area contributed by atoms with Crippen LogP contribution in [0.15, 0.2) is 6.33 Å². The van der Waals surface area contributed by atoms with E-state index in [-0.39, 0.29) is 43.0 Å². The van der Waals surface area contributed by atoms with E-state index in [1.165, 1.54) is 10.9 Å². The Balaban J connectivity index is 2.36. The van der Waals surface area contributed by atoms with Gasteiger partial charge in [-0.05, 0) is 0 Å². The van der Waals surface area contributed by atoms with Crippen molar-refractivity contribution in [3.8, 4) is 12.3 Å². The van der Waals surface area contributed by atoms with E-state index in [2.05, 4.69) is 20.9 Å². The number of aliphatic hydroxyl groups excluding tert-OH is 2. The van der Waals surface area contributed by atoms with Crippen LogP contribution in [-0.2, 0) is 4.74 Å². The van der Waals surface area contributed by atoms with Crippen LogP contribution in [0.1, 0.15) is 19.1 Å². The first-order valence-electron chi connectivity index (χ1n) is 6.56. The molecule has 0 bridgehead atoms. The summed E-state index contributed by atoms with van der Waals surface area (Å²) < 4.78 is 20.2. The number of aliphatic hydroxyl groups is 2. The summed E-state index contributed by atoms with van der Waals surface area (Å²) in [5.41, 5.74) is 5.96. The van der Waals surface area contributed by atoms with Crippen molar-refractivity contribution in [2.75, 3.05) is 18.9 Å². The van der Waals surface area contributed by atoms with E-state index in [0.717, 1.165) is 0 Å². The van der Waals surface area contributed by atoms with Crippen LogP contribution in [0.3, 0.4) is 0 Å². The van der Waals surface area contributed by atoms with Crippen molar-refractivity contribution in [3.05, 3.63) is 12.4 Å². The number of imidazole rings is 1. The fraction of sp³-hybridized carbons (Fsp3) is 0.462. The van der Waals surface area contributed by atoms with Crippen LogP contribution in [0.5, 0.6) is 0 Å². The van der Waals surface area contributed by atoms with E-state index >= 15 is 0 Å². The predicted molar refractivity (Wildman–Crippen MR) is 75.8 cm³/mol. The molecule has 2 rings (SSSR count). The molecule has 0 aromatic carbocycles. The summed E-state index contributed by atoms with van der Waals surface area (Å²) in [7, 11) is 0. The van der Waals surface area contributed by atoms with Crippen molar-refractivity contribution >= 4 is 17.0 Å². The van der Waals surface area contributed by atoms with E-state index < -0.39 is 18.4 Å². The minimum absolute atomic E-state index is 0.0240. The number of rotatable bonds is 7. The van der Waals surface area contributed by atoms with Gasteiger partial charge in [-0.15, -0.1) is 12.3 Å². The van der Waals surface area contributed by atoms with Gasteiger partial charge in [0.25, 0.3) is 0 Å². The maximum atomic E-state index is 13.4. The lowest BCUT2D eigenvalue weighted by Gasteiger charge is -2.21. The topological polar surface area (TPSA) is 119 Å². The first-order chi connectivity index (χ1) is 10.6. The van der Waals surface area contributed by atoms with Gasteiger partial charge in [-0.2, -0.15) is 14.4 Å². The molecule has 2 aromatic rings. The predicted octanol–water partition coefficient (Wildman–Crippen LogP) is -0.171. The first-order valence-corrected chi connectivity index (χ1v) is 6.56. The lowest BCUT2D eigenvalue weighted by atomic mass is 10.1. The number of hydrogen-bond acceptors (Lipinski definition) is 7. The molecular weight excluding hydrogens is 293 g/mol. The Morgan fingerprint density at radius 2 is 2.27 bits per heavy atom. The third kappa shape index (κ3) is 3.48. The summed E-state index contributed by atoms with van der Waals surface area (Å²) in [6.07, 6.45) is 4.24. The van der Waals surface area contributed by atoms with E-state index in [4.69, 9.17) is 22.0 Å². The summed E-state index contributed by atoms with van der Waals surface area (Å²) in [6, 6.07) is 0. The molecule has 0 radical (unpaired) electrons. The third-order valence-electron chi connectivity index (χ3n) is 2.96. The zero-order valence-corrected chi connectivity index (χ0v) is 11.7. The van der Waals surface area contributed by atoms with Crippen molar-refractivity contribution in [3.63, 3.8) is 0 Å². The number of fused-ring (bicyclic) bond motifs is 1. The maximum absolute atomic E-state index is 13.4. The molecule has 0 saturated carbocycles. The zero-order valence-electron chi connectivity index (χ0n) is 11.7. The molecule has 0 unspecified atom stereocenters. The summed E-state index contributed by atoms with van der Waals surface area (Å²) in [5.74, 6) is 2.25. The molecule has 0 fully saturated rings. The summed E-state index contributed by atoms with van der Waals surface area (Å²) in [5, 5.41) is 18.8. The summed E-state index contributed by atoms with van der Waals surface area (Å²) in [6.45, 7) is -0.185. The molecule has 2 heterocycles. The first kappa shape index (κ1) is 16.1. The molecule has 0 spiro atoms. The van der Waals surface area contributed by atoms with Crippen molar-refractivity contribution in [2.24, 2.45) is 0 Å². The Labute approximate surface area is 125 Å². The Morgan fingerprint density at radius 1 is 1.50 bits per heavy atom. The van der Waals surface area contributed by atoms with Crippen molar-refractivity contribution in [1.82, 2.24) is 19.5 Å².